The van der Waals surface area contributed by atoms with Gasteiger partial charge in [-0.3, -0.25) is 15.1 Å². The van der Waals surface area contributed by atoms with Crippen molar-refractivity contribution in [3.05, 3.63) is 65.0 Å². The number of nitrogens with one attached hydrogen (secondary N) is 1. The highest BCUT2D eigenvalue weighted by atomic mass is 19.1. The molecule has 29 heavy (non-hydrogen) atoms. The molecule has 2 fully saturated rings. The third-order valence-corrected chi connectivity index (χ3v) is 5.46. The van der Waals surface area contributed by atoms with Gasteiger partial charge < -0.3 is 9.64 Å². The number of likely N-dealkylation sites (tertiary alicyclic amines) is 1. The van der Waals surface area contributed by atoms with Crippen LogP contribution >= 0.6 is 0 Å². The number of hydrazine groups is 1. The summed E-state index contributed by atoms with van der Waals surface area (Å²) in [7, 11) is 0. The Balaban J connectivity index is 1.59. The monoisotopic (exact) mass is 398 g/mol. The molecule has 1 spiro atoms. The van der Waals surface area contributed by atoms with Gasteiger partial charge in [-0.1, -0.05) is 18.2 Å². The maximum atomic E-state index is 14.7. The molecular formula is C21H23FN4O3. The lowest BCUT2D eigenvalue weighted by Crippen LogP contribution is -2.68. The van der Waals surface area contributed by atoms with E-state index in [-0.39, 0.29) is 23.6 Å². The minimum atomic E-state index is -0.573. The first-order valence-electron chi connectivity index (χ1n) is 9.41. The molecule has 2 aromatic rings. The summed E-state index contributed by atoms with van der Waals surface area (Å²) in [5.41, 5.74) is 4.21. The van der Waals surface area contributed by atoms with E-state index in [1.165, 1.54) is 12.1 Å². The standard InChI is InChI=1S/C21H23FN4O3/c1-14-3-2-4-17(7-14)26(20(28)25-10-21(11-25)12-29-13-21)9-16-6-5-15(8-18(16)22)19(27)24-23/h2-8H,9-13,23H2,1H3,(H,24,27). The molecule has 2 aliphatic heterocycles. The zero-order chi connectivity index (χ0) is 20.6. The minimum absolute atomic E-state index is 0.0542. The van der Waals surface area contributed by atoms with Gasteiger partial charge in [0, 0.05) is 29.9 Å². The first-order valence-corrected chi connectivity index (χ1v) is 9.41. The number of carbonyl (C=O) groups is 2. The van der Waals surface area contributed by atoms with Gasteiger partial charge in [-0.05, 0) is 36.8 Å². The van der Waals surface area contributed by atoms with Crippen LogP contribution in [0.1, 0.15) is 21.5 Å². The lowest BCUT2D eigenvalue weighted by atomic mass is 9.78. The van der Waals surface area contributed by atoms with Crippen LogP contribution in [0, 0.1) is 18.2 Å². The predicted molar refractivity (Wildman–Crippen MR) is 106 cm³/mol. The zero-order valence-electron chi connectivity index (χ0n) is 16.2. The third-order valence-electron chi connectivity index (χ3n) is 5.46. The van der Waals surface area contributed by atoms with Crippen molar-refractivity contribution in [2.24, 2.45) is 11.3 Å². The summed E-state index contributed by atoms with van der Waals surface area (Å²) in [5.74, 6) is 3.97. The number of hydrogen-bond donors (Lipinski definition) is 2. The Kier molecular flexibility index (Phi) is 4.97. The van der Waals surface area contributed by atoms with Crippen LogP contribution in [-0.4, -0.2) is 43.1 Å². The van der Waals surface area contributed by atoms with Crippen LogP contribution in [0.2, 0.25) is 0 Å². The predicted octanol–water partition coefficient (Wildman–Crippen LogP) is 2.20. The summed E-state index contributed by atoms with van der Waals surface area (Å²) >= 11 is 0. The Bertz CT molecular complexity index is 953. The van der Waals surface area contributed by atoms with Gasteiger partial charge in [0.05, 0.1) is 25.2 Å². The van der Waals surface area contributed by atoms with E-state index in [1.807, 2.05) is 36.6 Å². The molecule has 2 aliphatic rings. The van der Waals surface area contributed by atoms with Crippen molar-refractivity contribution in [3.63, 3.8) is 0 Å². The van der Waals surface area contributed by atoms with Gasteiger partial charge in [-0.15, -0.1) is 0 Å². The molecule has 8 heteroatoms. The third kappa shape index (κ3) is 3.68. The summed E-state index contributed by atoms with van der Waals surface area (Å²) < 4.78 is 19.9. The van der Waals surface area contributed by atoms with Crippen molar-refractivity contribution in [1.82, 2.24) is 10.3 Å². The van der Waals surface area contributed by atoms with Crippen LogP contribution in [-0.2, 0) is 11.3 Å². The molecule has 0 radical (unpaired) electrons. The molecular weight excluding hydrogens is 375 g/mol. The summed E-state index contributed by atoms with van der Waals surface area (Å²) in [6, 6.07) is 11.5. The van der Waals surface area contributed by atoms with Crippen molar-refractivity contribution in [2.45, 2.75) is 13.5 Å². The van der Waals surface area contributed by atoms with Gasteiger partial charge >= 0.3 is 6.03 Å². The molecule has 3 amide bonds. The second kappa shape index (κ2) is 7.46. The molecule has 2 saturated heterocycles. The Morgan fingerprint density at radius 2 is 2.00 bits per heavy atom. The number of ether oxygens (including phenoxy) is 1. The quantitative estimate of drug-likeness (QED) is 0.470. The number of rotatable bonds is 4. The van der Waals surface area contributed by atoms with Crippen LogP contribution in [0.4, 0.5) is 14.9 Å². The molecule has 3 N–H and O–H groups in total. The Morgan fingerprint density at radius 3 is 2.59 bits per heavy atom. The largest absolute Gasteiger partial charge is 0.380 e. The lowest BCUT2D eigenvalue weighted by molar-refractivity contribution is -0.174. The van der Waals surface area contributed by atoms with E-state index in [1.54, 1.807) is 9.80 Å². The average molecular weight is 398 g/mol. The van der Waals surface area contributed by atoms with Crippen molar-refractivity contribution in [2.75, 3.05) is 31.2 Å². The van der Waals surface area contributed by atoms with E-state index in [4.69, 9.17) is 10.6 Å². The van der Waals surface area contributed by atoms with E-state index in [2.05, 4.69) is 0 Å². The van der Waals surface area contributed by atoms with Gasteiger partial charge in [0.1, 0.15) is 5.82 Å². The number of urea groups is 1. The molecule has 0 atom stereocenters. The number of carbonyl (C=O) groups excluding carboxylic acids is 2. The number of nitrogens with two attached hydrogens (primary N) is 1. The summed E-state index contributed by atoms with van der Waals surface area (Å²) in [5, 5.41) is 0. The van der Waals surface area contributed by atoms with Gasteiger partial charge in [0.15, 0.2) is 0 Å². The van der Waals surface area contributed by atoms with Gasteiger partial charge in [0.25, 0.3) is 5.91 Å². The van der Waals surface area contributed by atoms with E-state index in [0.29, 0.717) is 37.6 Å². The average Bonchev–Trinajstić information content (AvgIpc) is 2.64. The second-order valence-corrected chi connectivity index (χ2v) is 7.84. The first-order chi connectivity index (χ1) is 13.9. The van der Waals surface area contributed by atoms with Crippen LogP contribution in [0.5, 0.6) is 0 Å². The summed E-state index contributed by atoms with van der Waals surface area (Å²) in [4.78, 5) is 28.2. The highest BCUT2D eigenvalue weighted by molar-refractivity contribution is 5.94. The van der Waals surface area contributed by atoms with Crippen molar-refractivity contribution >= 4 is 17.6 Å². The number of anilines is 1. The fourth-order valence-corrected chi connectivity index (χ4v) is 3.78. The van der Waals surface area contributed by atoms with Crippen LogP contribution in [0.3, 0.4) is 0 Å². The second-order valence-electron chi connectivity index (χ2n) is 7.84. The molecule has 4 rings (SSSR count). The Hall–Kier alpha value is -2.97. The normalized spacial score (nSPS) is 16.7. The number of nitrogens with zero attached hydrogens (tertiary/aromatic N) is 2. The summed E-state index contributed by atoms with van der Waals surface area (Å²) in [6.45, 7) is 4.65. The molecule has 7 nitrogen and oxygen atoms in total. The number of aryl methyl sites for hydroxylation is 1. The molecule has 0 aromatic heterocycles. The lowest BCUT2D eigenvalue weighted by Gasteiger charge is -2.55. The Morgan fingerprint density at radius 1 is 1.24 bits per heavy atom. The fraction of sp³-hybridized carbons (Fsp3) is 0.333. The fourth-order valence-electron chi connectivity index (χ4n) is 3.78. The van der Waals surface area contributed by atoms with E-state index in [9.17, 15) is 14.0 Å². The van der Waals surface area contributed by atoms with Crippen LogP contribution in [0.25, 0.3) is 0 Å². The molecule has 2 aromatic carbocycles. The molecule has 0 unspecified atom stereocenters. The number of halogens is 1. The smallest absolute Gasteiger partial charge is 0.324 e. The molecule has 152 valence electrons. The summed E-state index contributed by atoms with van der Waals surface area (Å²) in [6.07, 6.45) is 0. The highest BCUT2D eigenvalue weighted by Crippen LogP contribution is 2.38. The number of benzene rings is 2. The molecule has 2 heterocycles. The molecule has 0 bridgehead atoms. The Labute approximate surface area is 168 Å². The molecule has 0 aliphatic carbocycles. The maximum absolute atomic E-state index is 14.7. The molecule has 0 saturated carbocycles. The highest BCUT2D eigenvalue weighted by Gasteiger charge is 2.51. The van der Waals surface area contributed by atoms with Gasteiger partial charge in [-0.2, -0.15) is 0 Å². The van der Waals surface area contributed by atoms with E-state index >= 15 is 0 Å². The number of amides is 3. The van der Waals surface area contributed by atoms with Crippen molar-refractivity contribution in [1.29, 1.82) is 0 Å². The SMILES string of the molecule is Cc1cccc(N(Cc2ccc(C(=O)NN)cc2F)C(=O)N2CC3(COC3)C2)c1. The number of nitrogen functional groups attached to an aromatic ring is 1. The van der Waals surface area contributed by atoms with E-state index in [0.717, 1.165) is 11.6 Å². The number of hydrogen-bond acceptors (Lipinski definition) is 4. The van der Waals surface area contributed by atoms with Gasteiger partial charge in [0.2, 0.25) is 0 Å². The zero-order valence-corrected chi connectivity index (χ0v) is 16.2. The van der Waals surface area contributed by atoms with Crippen molar-refractivity contribution in [3.8, 4) is 0 Å². The topological polar surface area (TPSA) is 87.9 Å². The maximum Gasteiger partial charge on any atom is 0.324 e. The van der Waals surface area contributed by atoms with Crippen LogP contribution < -0.4 is 16.2 Å². The van der Waals surface area contributed by atoms with Gasteiger partial charge in [-0.25, -0.2) is 15.0 Å². The van der Waals surface area contributed by atoms with Crippen LogP contribution in [0.15, 0.2) is 42.5 Å². The minimum Gasteiger partial charge on any atom is -0.380 e. The first kappa shape index (κ1) is 19.4. The van der Waals surface area contributed by atoms with Crippen molar-refractivity contribution < 1.29 is 18.7 Å². The van der Waals surface area contributed by atoms with E-state index < -0.39 is 11.7 Å².